The summed E-state index contributed by atoms with van der Waals surface area (Å²) >= 11 is 0. The van der Waals surface area contributed by atoms with Gasteiger partial charge in [0.25, 0.3) is 0 Å². The molecule has 1 unspecified atom stereocenters. The van der Waals surface area contributed by atoms with E-state index in [0.29, 0.717) is 6.61 Å². The Kier molecular flexibility index (Phi) is 7.99. The SMILES string of the molecule is CCCCCC(CC)Oc1ccccc1COc1ccccc1-c1ccnnn1. The Morgan fingerprint density at radius 1 is 0.897 bits per heavy atom. The molecule has 1 aromatic heterocycles. The predicted molar refractivity (Wildman–Crippen MR) is 115 cm³/mol. The first kappa shape index (κ1) is 20.8. The van der Waals surface area contributed by atoms with E-state index in [2.05, 4.69) is 35.3 Å². The zero-order valence-electron chi connectivity index (χ0n) is 17.3. The van der Waals surface area contributed by atoms with E-state index in [1.54, 1.807) is 6.20 Å². The second-order valence-corrected chi connectivity index (χ2v) is 7.04. The van der Waals surface area contributed by atoms with Gasteiger partial charge in [0.05, 0.1) is 12.3 Å². The molecule has 5 heteroatoms. The standard InChI is InChI=1S/C24H29N3O2/c1-3-5-6-12-20(4-2)29-23-14-9-7-11-19(23)18-28-24-15-10-8-13-21(24)22-16-17-25-27-26-22/h7-11,13-17,20H,3-6,12,18H2,1-2H3. The number of ether oxygens (including phenoxy) is 2. The largest absolute Gasteiger partial charge is 0.490 e. The molecule has 1 heterocycles. The molecule has 152 valence electrons. The van der Waals surface area contributed by atoms with Crippen molar-refractivity contribution in [2.45, 2.75) is 58.7 Å². The number of rotatable bonds is 11. The molecule has 0 fully saturated rings. The Morgan fingerprint density at radius 3 is 2.45 bits per heavy atom. The quantitative estimate of drug-likeness (QED) is 0.383. The maximum Gasteiger partial charge on any atom is 0.129 e. The summed E-state index contributed by atoms with van der Waals surface area (Å²) in [4.78, 5) is 0. The Balaban J connectivity index is 1.71. The van der Waals surface area contributed by atoms with Crippen molar-refractivity contribution in [2.24, 2.45) is 0 Å². The highest BCUT2D eigenvalue weighted by atomic mass is 16.5. The number of hydrogen-bond donors (Lipinski definition) is 0. The molecule has 0 radical (unpaired) electrons. The van der Waals surface area contributed by atoms with Gasteiger partial charge in [-0.1, -0.05) is 57.0 Å². The second kappa shape index (κ2) is 11.1. The lowest BCUT2D eigenvalue weighted by Crippen LogP contribution is -2.16. The molecule has 0 bridgehead atoms. The minimum Gasteiger partial charge on any atom is -0.490 e. The third-order valence-corrected chi connectivity index (χ3v) is 4.90. The summed E-state index contributed by atoms with van der Waals surface area (Å²) in [5, 5.41) is 11.6. The molecule has 3 rings (SSSR count). The van der Waals surface area contributed by atoms with Crippen molar-refractivity contribution in [2.75, 3.05) is 0 Å². The monoisotopic (exact) mass is 391 g/mol. The second-order valence-electron chi connectivity index (χ2n) is 7.04. The number of benzene rings is 2. The average molecular weight is 392 g/mol. The zero-order chi connectivity index (χ0) is 20.3. The van der Waals surface area contributed by atoms with Crippen LogP contribution in [0.1, 0.15) is 51.5 Å². The van der Waals surface area contributed by atoms with Gasteiger partial charge in [0.1, 0.15) is 23.8 Å². The van der Waals surface area contributed by atoms with E-state index < -0.39 is 0 Å². The minimum absolute atomic E-state index is 0.238. The molecule has 0 saturated heterocycles. The summed E-state index contributed by atoms with van der Waals surface area (Å²) in [6.45, 7) is 4.84. The van der Waals surface area contributed by atoms with E-state index in [4.69, 9.17) is 9.47 Å². The summed E-state index contributed by atoms with van der Waals surface area (Å²) in [6, 6.07) is 17.8. The van der Waals surface area contributed by atoms with Gasteiger partial charge in [0.15, 0.2) is 0 Å². The lowest BCUT2D eigenvalue weighted by molar-refractivity contribution is 0.177. The molecule has 0 N–H and O–H groups in total. The van der Waals surface area contributed by atoms with Crippen molar-refractivity contribution in [1.82, 2.24) is 15.4 Å². The van der Waals surface area contributed by atoms with Crippen molar-refractivity contribution in [3.8, 4) is 22.8 Å². The zero-order valence-corrected chi connectivity index (χ0v) is 17.3. The fourth-order valence-electron chi connectivity index (χ4n) is 3.23. The molecule has 0 aliphatic rings. The van der Waals surface area contributed by atoms with E-state index in [-0.39, 0.29) is 6.10 Å². The van der Waals surface area contributed by atoms with Gasteiger partial charge in [-0.2, -0.15) is 0 Å². The Morgan fingerprint density at radius 2 is 1.69 bits per heavy atom. The number of unbranched alkanes of at least 4 members (excludes halogenated alkanes) is 2. The van der Waals surface area contributed by atoms with Crippen LogP contribution in [0, 0.1) is 0 Å². The molecule has 1 atom stereocenters. The predicted octanol–water partition coefficient (Wildman–Crippen LogP) is 5.86. The van der Waals surface area contributed by atoms with Crippen molar-refractivity contribution in [3.05, 3.63) is 66.4 Å². The van der Waals surface area contributed by atoms with Gasteiger partial charge in [-0.3, -0.25) is 0 Å². The summed E-state index contributed by atoms with van der Waals surface area (Å²) in [6.07, 6.45) is 7.63. The van der Waals surface area contributed by atoms with Crippen LogP contribution in [0.15, 0.2) is 60.8 Å². The third kappa shape index (κ3) is 6.01. The lowest BCUT2D eigenvalue weighted by Gasteiger charge is -2.20. The molecule has 0 saturated carbocycles. The van der Waals surface area contributed by atoms with Gasteiger partial charge in [-0.15, -0.1) is 10.2 Å². The maximum atomic E-state index is 6.33. The molecule has 0 aliphatic carbocycles. The molecule has 0 aliphatic heterocycles. The van der Waals surface area contributed by atoms with Gasteiger partial charge in [0, 0.05) is 11.1 Å². The Labute approximate surface area is 173 Å². The molecule has 5 nitrogen and oxygen atoms in total. The van der Waals surface area contributed by atoms with Crippen LogP contribution in [0.25, 0.3) is 11.3 Å². The van der Waals surface area contributed by atoms with E-state index in [0.717, 1.165) is 41.2 Å². The lowest BCUT2D eigenvalue weighted by atomic mass is 10.1. The number of para-hydroxylation sites is 2. The minimum atomic E-state index is 0.238. The number of aromatic nitrogens is 3. The molecule has 2 aromatic carbocycles. The van der Waals surface area contributed by atoms with E-state index in [1.165, 1.54) is 19.3 Å². The van der Waals surface area contributed by atoms with Crippen LogP contribution in [0.4, 0.5) is 0 Å². The summed E-state index contributed by atoms with van der Waals surface area (Å²) < 4.78 is 12.5. The van der Waals surface area contributed by atoms with Gasteiger partial charge >= 0.3 is 0 Å². The van der Waals surface area contributed by atoms with Gasteiger partial charge < -0.3 is 9.47 Å². The Bertz CT molecular complexity index is 871. The van der Waals surface area contributed by atoms with Crippen molar-refractivity contribution in [3.63, 3.8) is 0 Å². The van der Waals surface area contributed by atoms with Crippen LogP contribution >= 0.6 is 0 Å². The van der Waals surface area contributed by atoms with Crippen LogP contribution in [0.3, 0.4) is 0 Å². The Hall–Kier alpha value is -2.95. The van der Waals surface area contributed by atoms with Gasteiger partial charge in [0.2, 0.25) is 0 Å². The van der Waals surface area contributed by atoms with Gasteiger partial charge in [-0.05, 0) is 48.7 Å². The average Bonchev–Trinajstić information content (AvgIpc) is 2.78. The van der Waals surface area contributed by atoms with Crippen molar-refractivity contribution >= 4 is 0 Å². The molecule has 0 spiro atoms. The van der Waals surface area contributed by atoms with Gasteiger partial charge in [-0.25, -0.2) is 0 Å². The van der Waals surface area contributed by atoms with Crippen LogP contribution < -0.4 is 9.47 Å². The molecule has 3 aromatic rings. The highest BCUT2D eigenvalue weighted by Gasteiger charge is 2.13. The fourth-order valence-corrected chi connectivity index (χ4v) is 3.23. The maximum absolute atomic E-state index is 6.33. The molecule has 0 amide bonds. The van der Waals surface area contributed by atoms with Crippen LogP contribution in [-0.4, -0.2) is 21.5 Å². The van der Waals surface area contributed by atoms with Crippen molar-refractivity contribution < 1.29 is 9.47 Å². The molecular formula is C24H29N3O2. The normalized spacial score (nSPS) is 11.8. The first-order chi connectivity index (χ1) is 14.3. The van der Waals surface area contributed by atoms with Crippen LogP contribution in [-0.2, 0) is 6.61 Å². The van der Waals surface area contributed by atoms with Crippen LogP contribution in [0.2, 0.25) is 0 Å². The highest BCUT2D eigenvalue weighted by molar-refractivity contribution is 5.66. The highest BCUT2D eigenvalue weighted by Crippen LogP contribution is 2.30. The first-order valence-electron chi connectivity index (χ1n) is 10.4. The first-order valence-corrected chi connectivity index (χ1v) is 10.4. The smallest absolute Gasteiger partial charge is 0.129 e. The topological polar surface area (TPSA) is 57.1 Å². The van der Waals surface area contributed by atoms with Crippen LogP contribution in [0.5, 0.6) is 11.5 Å². The summed E-state index contributed by atoms with van der Waals surface area (Å²) in [5.74, 6) is 1.66. The third-order valence-electron chi connectivity index (χ3n) is 4.90. The van der Waals surface area contributed by atoms with E-state index in [9.17, 15) is 0 Å². The number of hydrogen-bond acceptors (Lipinski definition) is 5. The summed E-state index contributed by atoms with van der Waals surface area (Å²) in [5.41, 5.74) is 2.67. The fraction of sp³-hybridized carbons (Fsp3) is 0.375. The van der Waals surface area contributed by atoms with E-state index in [1.807, 2.05) is 48.5 Å². The summed E-state index contributed by atoms with van der Waals surface area (Å²) in [7, 11) is 0. The van der Waals surface area contributed by atoms with E-state index >= 15 is 0 Å². The molecule has 29 heavy (non-hydrogen) atoms. The molecular weight excluding hydrogens is 362 g/mol. The van der Waals surface area contributed by atoms with Crippen molar-refractivity contribution in [1.29, 1.82) is 0 Å². The number of nitrogens with zero attached hydrogens (tertiary/aromatic N) is 3.